The lowest BCUT2D eigenvalue weighted by molar-refractivity contribution is 0.0988. The van der Waals surface area contributed by atoms with Gasteiger partial charge in [0.25, 0.3) is 0 Å². The van der Waals surface area contributed by atoms with Crippen LogP contribution in [0, 0.1) is 13.8 Å². The van der Waals surface area contributed by atoms with E-state index in [9.17, 15) is 18.0 Å². The molecule has 0 amide bonds. The molecule has 1 N–H and O–H groups in total. The summed E-state index contributed by atoms with van der Waals surface area (Å²) in [6.45, 7) is 9.10. The summed E-state index contributed by atoms with van der Waals surface area (Å²) in [5.41, 5.74) is 2.32. The van der Waals surface area contributed by atoms with Crippen LogP contribution in [0.25, 0.3) is 0 Å². The number of nitrogens with zero attached hydrogens (tertiary/aromatic N) is 3. The molecule has 8 nitrogen and oxygen atoms in total. The Balaban J connectivity index is 1.72. The molecule has 31 heavy (non-hydrogen) atoms. The topological polar surface area (TPSA) is 103 Å². The fourth-order valence-corrected chi connectivity index (χ4v) is 5.94. The molecule has 2 aromatic rings. The number of ketones is 2. The van der Waals surface area contributed by atoms with Crippen LogP contribution < -0.4 is 0 Å². The van der Waals surface area contributed by atoms with Crippen LogP contribution in [0.4, 0.5) is 0 Å². The van der Waals surface area contributed by atoms with Crippen molar-refractivity contribution in [2.75, 3.05) is 33.2 Å². The highest BCUT2D eigenvalue weighted by atomic mass is 32.2. The number of aryl methyl sites for hydroxylation is 1. The fraction of sp³-hybridized carbons (Fsp3) is 0.476. The molecule has 0 saturated carbocycles. The first kappa shape index (κ1) is 23.6. The largest absolute Gasteiger partial charge is 0.355 e. The molecular formula is C21H28N4O4S2. The fourth-order valence-electron chi connectivity index (χ4n) is 3.73. The van der Waals surface area contributed by atoms with Gasteiger partial charge in [-0.1, -0.05) is 11.8 Å². The molecule has 1 fully saturated rings. The van der Waals surface area contributed by atoms with Gasteiger partial charge < -0.3 is 9.88 Å². The molecule has 0 aromatic carbocycles. The lowest BCUT2D eigenvalue weighted by atomic mass is 10.0. The Morgan fingerprint density at radius 3 is 2.32 bits per heavy atom. The third-order valence-corrected chi connectivity index (χ3v) is 8.44. The SMILES string of the molecule is CC(=O)c1c(C)[nH]c(C(=O)C(C)Sc2ccc(S(=O)(=O)N3CCN(C)CC3)cn2)c1C. The van der Waals surface area contributed by atoms with E-state index in [0.717, 1.165) is 0 Å². The number of thioether (sulfide) groups is 1. The minimum atomic E-state index is -3.57. The van der Waals surface area contributed by atoms with Gasteiger partial charge in [-0.15, -0.1) is 0 Å². The van der Waals surface area contributed by atoms with Crippen LogP contribution in [0.2, 0.25) is 0 Å². The van der Waals surface area contributed by atoms with E-state index in [1.165, 1.54) is 35.3 Å². The summed E-state index contributed by atoms with van der Waals surface area (Å²) in [5.74, 6) is -0.210. The van der Waals surface area contributed by atoms with E-state index in [1.807, 2.05) is 7.05 Å². The van der Waals surface area contributed by atoms with Crippen molar-refractivity contribution < 1.29 is 18.0 Å². The molecule has 3 heterocycles. The summed E-state index contributed by atoms with van der Waals surface area (Å²) in [5, 5.41) is 0.107. The van der Waals surface area contributed by atoms with Gasteiger partial charge in [-0.25, -0.2) is 13.4 Å². The highest BCUT2D eigenvalue weighted by Crippen LogP contribution is 2.28. The summed E-state index contributed by atoms with van der Waals surface area (Å²) in [4.78, 5) is 34.3. The van der Waals surface area contributed by atoms with Crippen molar-refractivity contribution in [1.29, 1.82) is 0 Å². The standard InChI is InChI=1S/C21H28N4O4S2/c1-13-19(15(3)26)14(2)23-20(13)21(27)16(4)30-18-7-6-17(12-22-18)31(28,29)25-10-8-24(5)9-11-25/h6-7,12,16,23H,8-11H2,1-5H3. The van der Waals surface area contributed by atoms with Crippen molar-refractivity contribution in [2.45, 2.75) is 42.9 Å². The summed E-state index contributed by atoms with van der Waals surface area (Å²) in [7, 11) is -1.61. The van der Waals surface area contributed by atoms with Gasteiger partial charge in [-0.2, -0.15) is 4.31 Å². The van der Waals surface area contributed by atoms with Gasteiger partial charge >= 0.3 is 0 Å². The van der Waals surface area contributed by atoms with Crippen molar-refractivity contribution in [3.8, 4) is 0 Å². The summed E-state index contributed by atoms with van der Waals surface area (Å²) < 4.78 is 27.1. The van der Waals surface area contributed by atoms with Crippen molar-refractivity contribution >= 4 is 33.4 Å². The van der Waals surface area contributed by atoms with E-state index in [0.29, 0.717) is 53.7 Å². The maximum absolute atomic E-state index is 12.9. The summed E-state index contributed by atoms with van der Waals surface area (Å²) in [6, 6.07) is 3.17. The zero-order chi connectivity index (χ0) is 22.9. The minimum Gasteiger partial charge on any atom is -0.355 e. The predicted molar refractivity (Wildman–Crippen MR) is 120 cm³/mol. The zero-order valence-corrected chi connectivity index (χ0v) is 20.1. The van der Waals surface area contributed by atoms with Gasteiger partial charge in [-0.05, 0) is 52.4 Å². The lowest BCUT2D eigenvalue weighted by Crippen LogP contribution is -2.47. The zero-order valence-electron chi connectivity index (χ0n) is 18.4. The van der Waals surface area contributed by atoms with Crippen molar-refractivity contribution in [2.24, 2.45) is 0 Å². The molecule has 10 heteroatoms. The number of Topliss-reactive ketones (excluding diaryl/α,β-unsaturated/α-hetero) is 2. The second-order valence-corrected chi connectivity index (χ2v) is 11.1. The number of sulfonamides is 1. The number of hydrogen-bond donors (Lipinski definition) is 1. The average Bonchev–Trinajstić information content (AvgIpc) is 3.02. The van der Waals surface area contributed by atoms with Crippen LogP contribution in [-0.4, -0.2) is 77.6 Å². The van der Waals surface area contributed by atoms with E-state index in [2.05, 4.69) is 14.9 Å². The number of hydrogen-bond acceptors (Lipinski definition) is 7. The Morgan fingerprint density at radius 2 is 1.81 bits per heavy atom. The number of pyridine rings is 1. The number of H-pyrrole nitrogens is 1. The number of likely N-dealkylation sites (N-methyl/N-ethyl adjacent to an activating group) is 1. The van der Waals surface area contributed by atoms with Crippen molar-refractivity contribution in [1.82, 2.24) is 19.2 Å². The Hall–Kier alpha value is -2.01. The van der Waals surface area contributed by atoms with Gasteiger partial charge in [0, 0.05) is 43.6 Å². The van der Waals surface area contributed by atoms with Crippen LogP contribution in [0.3, 0.4) is 0 Å². The van der Waals surface area contributed by atoms with Gasteiger partial charge in [0.05, 0.1) is 16.0 Å². The van der Waals surface area contributed by atoms with Crippen molar-refractivity contribution in [3.05, 3.63) is 40.8 Å². The molecule has 3 rings (SSSR count). The number of rotatable bonds is 7. The van der Waals surface area contributed by atoms with E-state index in [-0.39, 0.29) is 16.5 Å². The first-order valence-electron chi connectivity index (χ1n) is 10.1. The normalized spacial score (nSPS) is 16.9. The highest BCUT2D eigenvalue weighted by molar-refractivity contribution is 8.00. The number of aromatic nitrogens is 2. The van der Waals surface area contributed by atoms with Crippen LogP contribution in [0.1, 0.15) is 46.0 Å². The summed E-state index contributed by atoms with van der Waals surface area (Å²) in [6.07, 6.45) is 1.35. The quantitative estimate of drug-likeness (QED) is 0.496. The Morgan fingerprint density at radius 1 is 1.16 bits per heavy atom. The molecule has 0 aliphatic carbocycles. The van der Waals surface area contributed by atoms with Crippen LogP contribution in [0.5, 0.6) is 0 Å². The lowest BCUT2D eigenvalue weighted by Gasteiger charge is -2.31. The van der Waals surface area contributed by atoms with E-state index in [4.69, 9.17) is 0 Å². The minimum absolute atomic E-state index is 0.0792. The number of piperazine rings is 1. The molecule has 0 bridgehead atoms. The first-order valence-corrected chi connectivity index (χ1v) is 12.4. The monoisotopic (exact) mass is 464 g/mol. The number of carbonyl (C=O) groups is 2. The first-order chi connectivity index (χ1) is 14.5. The Kier molecular flexibility index (Phi) is 7.04. The predicted octanol–water partition coefficient (Wildman–Crippen LogP) is 2.53. The molecular weight excluding hydrogens is 436 g/mol. The molecule has 2 aromatic heterocycles. The molecule has 1 saturated heterocycles. The smallest absolute Gasteiger partial charge is 0.244 e. The second kappa shape index (κ2) is 9.23. The molecule has 1 aliphatic rings. The third kappa shape index (κ3) is 4.92. The van der Waals surface area contributed by atoms with Crippen LogP contribution >= 0.6 is 11.8 Å². The maximum Gasteiger partial charge on any atom is 0.244 e. The molecule has 1 unspecified atom stereocenters. The van der Waals surface area contributed by atoms with Gasteiger partial charge in [0.1, 0.15) is 4.90 Å². The van der Waals surface area contributed by atoms with Crippen molar-refractivity contribution in [3.63, 3.8) is 0 Å². The Labute approximate surface area is 187 Å². The maximum atomic E-state index is 12.9. The molecule has 0 spiro atoms. The molecule has 168 valence electrons. The molecule has 1 atom stereocenters. The number of nitrogens with one attached hydrogen (secondary N) is 1. The second-order valence-electron chi connectivity index (χ2n) is 7.85. The summed E-state index contributed by atoms with van der Waals surface area (Å²) >= 11 is 1.25. The average molecular weight is 465 g/mol. The third-order valence-electron chi connectivity index (χ3n) is 5.51. The molecule has 1 aliphatic heterocycles. The van der Waals surface area contributed by atoms with Crippen LogP contribution in [-0.2, 0) is 10.0 Å². The highest BCUT2D eigenvalue weighted by Gasteiger charge is 2.28. The Bertz CT molecular complexity index is 1090. The van der Waals surface area contributed by atoms with E-state index < -0.39 is 15.3 Å². The van der Waals surface area contributed by atoms with E-state index in [1.54, 1.807) is 26.8 Å². The van der Waals surface area contributed by atoms with Crippen LogP contribution in [0.15, 0.2) is 28.3 Å². The van der Waals surface area contributed by atoms with Gasteiger partial charge in [0.15, 0.2) is 11.6 Å². The van der Waals surface area contributed by atoms with Gasteiger partial charge in [-0.3, -0.25) is 9.59 Å². The van der Waals surface area contributed by atoms with Gasteiger partial charge in [0.2, 0.25) is 10.0 Å². The van der Waals surface area contributed by atoms with E-state index >= 15 is 0 Å². The number of aromatic amines is 1. The number of carbonyl (C=O) groups excluding carboxylic acids is 2. The molecule has 0 radical (unpaired) electrons.